The summed E-state index contributed by atoms with van der Waals surface area (Å²) in [6.07, 6.45) is 6.61. The number of methoxy groups -OCH3 is 1. The van der Waals surface area contributed by atoms with Gasteiger partial charge in [0.05, 0.1) is 38.0 Å². The summed E-state index contributed by atoms with van der Waals surface area (Å²) in [5.74, 6) is 1.04. The Labute approximate surface area is 205 Å². The van der Waals surface area contributed by atoms with Crippen LogP contribution in [0.25, 0.3) is 11.1 Å². The average molecular weight is 477 g/mol. The number of hydrogen-bond acceptors (Lipinski definition) is 6. The number of hydrogen-bond donors (Lipinski definition) is 0. The Balaban J connectivity index is 1.45. The number of carbonyl (C=O) groups excluding carboxylic acids is 1. The van der Waals surface area contributed by atoms with Gasteiger partial charge < -0.3 is 19.3 Å². The minimum absolute atomic E-state index is 0.0507. The van der Waals surface area contributed by atoms with Crippen LogP contribution in [-0.4, -0.2) is 69.9 Å². The zero-order valence-corrected chi connectivity index (χ0v) is 20.6. The Morgan fingerprint density at radius 2 is 2.14 bits per heavy atom. The van der Waals surface area contributed by atoms with Crippen molar-refractivity contribution < 1.29 is 14.3 Å². The topological polar surface area (TPSA) is 77.7 Å². The molecule has 1 aromatic carbocycles. The summed E-state index contributed by atoms with van der Waals surface area (Å²) in [5, 5.41) is 9.53. The highest BCUT2D eigenvalue weighted by Crippen LogP contribution is 2.40. The number of fused-ring (bicyclic) bond motifs is 2. The van der Waals surface area contributed by atoms with Crippen molar-refractivity contribution in [2.75, 3.05) is 38.3 Å². The predicted molar refractivity (Wildman–Crippen MR) is 132 cm³/mol. The van der Waals surface area contributed by atoms with E-state index in [9.17, 15) is 4.79 Å². The smallest absolute Gasteiger partial charge is 0.219 e. The lowest BCUT2D eigenvalue weighted by atomic mass is 9.95. The zero-order valence-electron chi connectivity index (χ0n) is 20.6. The van der Waals surface area contributed by atoms with E-state index in [2.05, 4.69) is 32.9 Å². The maximum atomic E-state index is 12.3. The summed E-state index contributed by atoms with van der Waals surface area (Å²) < 4.78 is 15.6. The summed E-state index contributed by atoms with van der Waals surface area (Å²) in [6.45, 7) is 5.15. The largest absolute Gasteiger partial charge is 0.379 e. The zero-order chi connectivity index (χ0) is 24.1. The fourth-order valence-electron chi connectivity index (χ4n) is 5.66. The molecule has 9 nitrogen and oxygen atoms in total. The Bertz CT molecular complexity index is 1260. The third-order valence-corrected chi connectivity index (χ3v) is 7.59. The first-order valence-corrected chi connectivity index (χ1v) is 12.4. The highest BCUT2D eigenvalue weighted by Gasteiger charge is 2.35. The Morgan fingerprint density at radius 1 is 1.26 bits per heavy atom. The molecule has 3 aliphatic rings. The second-order valence-electron chi connectivity index (χ2n) is 9.82. The molecule has 1 saturated heterocycles. The van der Waals surface area contributed by atoms with Gasteiger partial charge in [-0.1, -0.05) is 6.07 Å². The molecule has 6 rings (SSSR count). The van der Waals surface area contributed by atoms with Crippen LogP contribution in [0.2, 0.25) is 0 Å². The van der Waals surface area contributed by atoms with Crippen molar-refractivity contribution in [3.05, 3.63) is 47.4 Å². The lowest BCUT2D eigenvalue weighted by Crippen LogP contribution is -2.38. The summed E-state index contributed by atoms with van der Waals surface area (Å²) in [4.78, 5) is 16.5. The molecule has 0 N–H and O–H groups in total. The highest BCUT2D eigenvalue weighted by molar-refractivity contribution is 5.76. The average Bonchev–Trinajstić information content (AvgIpc) is 3.62. The van der Waals surface area contributed by atoms with Crippen LogP contribution in [0.3, 0.4) is 0 Å². The quantitative estimate of drug-likeness (QED) is 0.576. The third-order valence-electron chi connectivity index (χ3n) is 7.59. The molecule has 2 aromatic heterocycles. The summed E-state index contributed by atoms with van der Waals surface area (Å²) in [7, 11) is 3.71. The minimum atomic E-state index is 0.0507. The second-order valence-corrected chi connectivity index (χ2v) is 9.82. The van der Waals surface area contributed by atoms with Gasteiger partial charge in [-0.15, -0.1) is 0 Å². The standard InChI is InChI=1S/C26H32N6O3/c1-17(33)30-8-6-25-23(15-30)26(28-32(25)21-7-9-35-16-21)31-14-22(34-3)11-19-10-18(4-5-24(19)31)20-12-27-29(2)13-20/h4-5,10,12-13,21-22H,6-9,11,14-16H2,1-3H3/t21?,22-/m0/s1. The van der Waals surface area contributed by atoms with E-state index >= 15 is 0 Å². The SMILES string of the molecule is CO[C@H]1Cc2cc(-c3cnn(C)c3)ccc2N(c2nn(C3CCOC3)c3c2CN(C(C)=O)CC3)C1. The fraction of sp³-hybridized carbons (Fsp3) is 0.500. The first-order valence-electron chi connectivity index (χ1n) is 12.4. The van der Waals surface area contributed by atoms with Crippen LogP contribution in [0.1, 0.15) is 36.2 Å². The van der Waals surface area contributed by atoms with Crippen molar-refractivity contribution in [3.63, 3.8) is 0 Å². The lowest BCUT2D eigenvalue weighted by molar-refractivity contribution is -0.129. The molecular weight excluding hydrogens is 444 g/mol. The molecule has 0 radical (unpaired) electrons. The van der Waals surface area contributed by atoms with Crippen molar-refractivity contribution >= 4 is 17.4 Å². The molecule has 5 heterocycles. The molecule has 3 aromatic rings. The number of aryl methyl sites for hydroxylation is 1. The number of carbonyl (C=O) groups is 1. The van der Waals surface area contributed by atoms with Crippen LogP contribution in [0.5, 0.6) is 0 Å². The summed E-state index contributed by atoms with van der Waals surface area (Å²) in [5.41, 5.74) is 7.02. The molecule has 2 atom stereocenters. The Hall–Kier alpha value is -3.17. The molecule has 1 fully saturated rings. The van der Waals surface area contributed by atoms with Crippen LogP contribution >= 0.6 is 0 Å². The van der Waals surface area contributed by atoms with E-state index in [1.807, 2.05) is 29.0 Å². The number of benzene rings is 1. The van der Waals surface area contributed by atoms with Gasteiger partial charge in [0.25, 0.3) is 0 Å². The van der Waals surface area contributed by atoms with Gasteiger partial charge in [0.15, 0.2) is 5.82 Å². The fourth-order valence-corrected chi connectivity index (χ4v) is 5.66. The highest BCUT2D eigenvalue weighted by atomic mass is 16.5. The van der Waals surface area contributed by atoms with E-state index in [1.165, 1.54) is 11.3 Å². The number of aromatic nitrogens is 4. The molecule has 184 valence electrons. The van der Waals surface area contributed by atoms with Gasteiger partial charge in [0.1, 0.15) is 0 Å². The number of anilines is 2. The van der Waals surface area contributed by atoms with Gasteiger partial charge in [-0.05, 0) is 29.7 Å². The van der Waals surface area contributed by atoms with Gasteiger partial charge in [-0.2, -0.15) is 10.2 Å². The van der Waals surface area contributed by atoms with Crippen LogP contribution in [0.15, 0.2) is 30.6 Å². The van der Waals surface area contributed by atoms with E-state index < -0.39 is 0 Å². The van der Waals surface area contributed by atoms with Crippen molar-refractivity contribution in [1.82, 2.24) is 24.5 Å². The van der Waals surface area contributed by atoms with Crippen molar-refractivity contribution in [2.24, 2.45) is 7.05 Å². The maximum Gasteiger partial charge on any atom is 0.219 e. The molecule has 35 heavy (non-hydrogen) atoms. The molecular formula is C26H32N6O3. The van der Waals surface area contributed by atoms with E-state index in [0.29, 0.717) is 13.2 Å². The first-order chi connectivity index (χ1) is 17.0. The van der Waals surface area contributed by atoms with Gasteiger partial charge in [0.2, 0.25) is 5.91 Å². The molecule has 9 heteroatoms. The van der Waals surface area contributed by atoms with E-state index in [0.717, 1.165) is 67.2 Å². The molecule has 1 amide bonds. The first kappa shape index (κ1) is 22.3. The van der Waals surface area contributed by atoms with Crippen molar-refractivity contribution in [1.29, 1.82) is 0 Å². The van der Waals surface area contributed by atoms with E-state index in [-0.39, 0.29) is 18.1 Å². The van der Waals surface area contributed by atoms with Crippen LogP contribution in [-0.2, 0) is 40.7 Å². The number of amides is 1. The van der Waals surface area contributed by atoms with Gasteiger partial charge >= 0.3 is 0 Å². The molecule has 1 unspecified atom stereocenters. The molecule has 0 aliphatic carbocycles. The summed E-state index contributed by atoms with van der Waals surface area (Å²) in [6, 6.07) is 6.85. The molecule has 0 saturated carbocycles. The van der Waals surface area contributed by atoms with Crippen molar-refractivity contribution in [3.8, 4) is 11.1 Å². The molecule has 3 aliphatic heterocycles. The lowest BCUT2D eigenvalue weighted by Gasteiger charge is -2.36. The Kier molecular flexibility index (Phi) is 5.61. The number of rotatable bonds is 4. The molecule has 0 spiro atoms. The third kappa shape index (κ3) is 3.92. The Morgan fingerprint density at radius 3 is 2.86 bits per heavy atom. The number of ether oxygens (including phenoxy) is 2. The van der Waals surface area contributed by atoms with Crippen LogP contribution < -0.4 is 4.90 Å². The molecule has 0 bridgehead atoms. The summed E-state index contributed by atoms with van der Waals surface area (Å²) >= 11 is 0. The van der Waals surface area contributed by atoms with Crippen molar-refractivity contribution in [2.45, 2.75) is 44.9 Å². The van der Waals surface area contributed by atoms with E-state index in [4.69, 9.17) is 14.6 Å². The normalized spacial score (nSPS) is 21.8. The predicted octanol–water partition coefficient (Wildman–Crippen LogP) is 2.86. The van der Waals surface area contributed by atoms with Gasteiger partial charge in [0, 0.05) is 75.8 Å². The van der Waals surface area contributed by atoms with Gasteiger partial charge in [-0.3, -0.25) is 14.2 Å². The van der Waals surface area contributed by atoms with E-state index in [1.54, 1.807) is 14.0 Å². The van der Waals surface area contributed by atoms with Gasteiger partial charge in [-0.25, -0.2) is 0 Å². The monoisotopic (exact) mass is 476 g/mol. The van der Waals surface area contributed by atoms with Crippen LogP contribution in [0.4, 0.5) is 11.5 Å². The maximum absolute atomic E-state index is 12.3. The minimum Gasteiger partial charge on any atom is -0.379 e. The van der Waals surface area contributed by atoms with Crippen LogP contribution in [0, 0.1) is 0 Å². The second kappa shape index (κ2) is 8.80. The number of nitrogens with zero attached hydrogens (tertiary/aromatic N) is 6.